The maximum absolute atomic E-state index is 13.6. The van der Waals surface area contributed by atoms with Gasteiger partial charge >= 0.3 is 12.1 Å². The first kappa shape index (κ1) is 16.3. The Balaban J connectivity index is 3.27. The van der Waals surface area contributed by atoms with Gasteiger partial charge < -0.3 is 5.11 Å². The minimum absolute atomic E-state index is 0.328. The van der Waals surface area contributed by atoms with Crippen LogP contribution in [0, 0.1) is 11.6 Å². The predicted octanol–water partition coefficient (Wildman–Crippen LogP) is 1.50. The van der Waals surface area contributed by atoms with E-state index in [0.717, 1.165) is 4.72 Å². The largest absolute Gasteiger partial charge is 0.477 e. The molecule has 0 aliphatic carbocycles. The van der Waals surface area contributed by atoms with E-state index >= 15 is 0 Å². The third kappa shape index (κ3) is 3.63. The Bertz CT molecular complexity index is 640. The highest BCUT2D eigenvalue weighted by Gasteiger charge is 2.32. The molecule has 0 aliphatic heterocycles. The Hall–Kier alpha value is -1.75. The van der Waals surface area contributed by atoms with Crippen molar-refractivity contribution in [3.63, 3.8) is 0 Å². The molecule has 112 valence electrons. The second-order valence-electron chi connectivity index (χ2n) is 3.48. The highest BCUT2D eigenvalue weighted by molar-refractivity contribution is 7.89. The van der Waals surface area contributed by atoms with Gasteiger partial charge in [-0.3, -0.25) is 0 Å². The molecular weight excluding hydrogens is 313 g/mol. The first-order chi connectivity index (χ1) is 8.96. The molecule has 2 N–H and O–H groups in total. The van der Waals surface area contributed by atoms with Gasteiger partial charge in [0.1, 0.15) is 22.8 Å². The van der Waals surface area contributed by atoms with Gasteiger partial charge in [-0.05, 0) is 12.1 Å². The number of aromatic carboxylic acids is 1. The molecule has 0 saturated carbocycles. The van der Waals surface area contributed by atoms with Crippen molar-refractivity contribution in [1.82, 2.24) is 4.72 Å². The molecule has 0 saturated heterocycles. The smallest absolute Gasteiger partial charge is 0.402 e. The van der Waals surface area contributed by atoms with Crippen LogP contribution in [0.4, 0.5) is 22.0 Å². The Morgan fingerprint density at radius 2 is 1.80 bits per heavy atom. The van der Waals surface area contributed by atoms with E-state index < -0.39 is 50.8 Å². The van der Waals surface area contributed by atoms with E-state index in [4.69, 9.17) is 5.11 Å². The summed E-state index contributed by atoms with van der Waals surface area (Å²) in [6.45, 7) is -1.98. The van der Waals surface area contributed by atoms with Gasteiger partial charge in [0.15, 0.2) is 5.82 Å². The summed E-state index contributed by atoms with van der Waals surface area (Å²) in [6.07, 6.45) is -4.89. The molecule has 5 nitrogen and oxygen atoms in total. The number of halogens is 5. The molecule has 0 bridgehead atoms. The number of carbonyl (C=O) groups is 1. The summed E-state index contributed by atoms with van der Waals surface area (Å²) >= 11 is 0. The summed E-state index contributed by atoms with van der Waals surface area (Å²) in [5.41, 5.74) is -1.57. The molecule has 0 heterocycles. The number of sulfonamides is 1. The van der Waals surface area contributed by atoms with E-state index in [0.29, 0.717) is 12.1 Å². The zero-order chi connectivity index (χ0) is 15.7. The van der Waals surface area contributed by atoms with Crippen LogP contribution in [0.5, 0.6) is 0 Å². The van der Waals surface area contributed by atoms with Crippen molar-refractivity contribution in [2.24, 2.45) is 0 Å². The molecule has 1 rings (SSSR count). The summed E-state index contributed by atoms with van der Waals surface area (Å²) in [5.74, 6) is -5.62. The normalized spacial score (nSPS) is 12.4. The number of carboxylic acids is 1. The number of alkyl halides is 3. The molecule has 0 aromatic heterocycles. The summed E-state index contributed by atoms with van der Waals surface area (Å²) < 4.78 is 86.2. The molecular formula is C9H6F5NO4S. The number of benzene rings is 1. The van der Waals surface area contributed by atoms with Crippen molar-refractivity contribution in [1.29, 1.82) is 0 Å². The minimum Gasteiger partial charge on any atom is -0.477 e. The van der Waals surface area contributed by atoms with E-state index in [1.807, 2.05) is 0 Å². The minimum atomic E-state index is -4.97. The maximum Gasteiger partial charge on any atom is 0.402 e. The third-order valence-corrected chi connectivity index (χ3v) is 3.44. The summed E-state index contributed by atoms with van der Waals surface area (Å²) in [6, 6.07) is 0.657. The van der Waals surface area contributed by atoms with Crippen LogP contribution in [0.15, 0.2) is 17.0 Å². The average Bonchev–Trinajstić information content (AvgIpc) is 2.24. The number of hydrogen-bond donors (Lipinski definition) is 2. The maximum atomic E-state index is 13.6. The molecule has 11 heteroatoms. The van der Waals surface area contributed by atoms with Gasteiger partial charge in [-0.25, -0.2) is 26.7 Å². The fourth-order valence-electron chi connectivity index (χ4n) is 1.19. The van der Waals surface area contributed by atoms with Crippen molar-refractivity contribution in [2.75, 3.05) is 6.54 Å². The first-order valence-corrected chi connectivity index (χ1v) is 6.22. The topological polar surface area (TPSA) is 83.5 Å². The van der Waals surface area contributed by atoms with Crippen LogP contribution >= 0.6 is 0 Å². The Kier molecular flexibility index (Phi) is 4.34. The van der Waals surface area contributed by atoms with Gasteiger partial charge in [0.05, 0.1) is 0 Å². The van der Waals surface area contributed by atoms with E-state index in [-0.39, 0.29) is 0 Å². The number of nitrogens with one attached hydrogen (secondary N) is 1. The van der Waals surface area contributed by atoms with Crippen molar-refractivity contribution < 1.29 is 40.3 Å². The van der Waals surface area contributed by atoms with Crippen LogP contribution in [0.2, 0.25) is 0 Å². The molecule has 0 fully saturated rings. The standard InChI is InChI=1S/C9H6F5NO4S/c10-4-1-2-5(7(11)6(4)8(16)17)20(18,19)15-3-9(12,13)14/h1-2,15H,3H2,(H,16,17). The fraction of sp³-hybridized carbons (Fsp3) is 0.222. The van der Waals surface area contributed by atoms with E-state index in [9.17, 15) is 35.2 Å². The molecule has 1 aromatic carbocycles. The monoisotopic (exact) mass is 319 g/mol. The second-order valence-corrected chi connectivity index (χ2v) is 5.21. The van der Waals surface area contributed by atoms with E-state index in [2.05, 4.69) is 0 Å². The SMILES string of the molecule is O=C(O)c1c(F)ccc(S(=O)(=O)NCC(F)(F)F)c1F. The first-order valence-electron chi connectivity index (χ1n) is 4.73. The third-order valence-electron chi connectivity index (χ3n) is 2.02. The zero-order valence-electron chi connectivity index (χ0n) is 9.33. The second kappa shape index (κ2) is 5.32. The van der Waals surface area contributed by atoms with Gasteiger partial charge in [0.25, 0.3) is 0 Å². The number of rotatable bonds is 4. The van der Waals surface area contributed by atoms with Gasteiger partial charge in [0.2, 0.25) is 10.0 Å². The van der Waals surface area contributed by atoms with Crippen LogP contribution in [-0.4, -0.2) is 32.2 Å². The van der Waals surface area contributed by atoms with Crippen molar-refractivity contribution in [3.05, 3.63) is 29.3 Å². The van der Waals surface area contributed by atoms with Gasteiger partial charge in [-0.2, -0.15) is 13.2 Å². The number of carboxylic acid groups (broad SMARTS) is 1. The molecule has 1 aromatic rings. The predicted molar refractivity (Wildman–Crippen MR) is 54.6 cm³/mol. The molecule has 0 aliphatic rings. The van der Waals surface area contributed by atoms with E-state index in [1.54, 1.807) is 0 Å². The molecule has 0 unspecified atom stereocenters. The van der Waals surface area contributed by atoms with E-state index in [1.165, 1.54) is 0 Å². The summed E-state index contributed by atoms with van der Waals surface area (Å²) in [4.78, 5) is 9.18. The molecule has 20 heavy (non-hydrogen) atoms. The van der Waals surface area contributed by atoms with Crippen molar-refractivity contribution in [3.8, 4) is 0 Å². The molecule has 0 spiro atoms. The zero-order valence-corrected chi connectivity index (χ0v) is 10.1. The quantitative estimate of drug-likeness (QED) is 0.824. The lowest BCUT2D eigenvalue weighted by Crippen LogP contribution is -2.34. The molecule has 0 radical (unpaired) electrons. The summed E-state index contributed by atoms with van der Waals surface area (Å²) in [7, 11) is -4.97. The highest BCUT2D eigenvalue weighted by Crippen LogP contribution is 2.22. The Morgan fingerprint density at radius 3 is 2.25 bits per heavy atom. The Morgan fingerprint density at radius 1 is 1.25 bits per heavy atom. The lowest BCUT2D eigenvalue weighted by atomic mass is 10.2. The van der Waals surface area contributed by atoms with Gasteiger partial charge in [-0.1, -0.05) is 0 Å². The van der Waals surface area contributed by atoms with Crippen LogP contribution in [0.25, 0.3) is 0 Å². The fourth-order valence-corrected chi connectivity index (χ4v) is 2.29. The average molecular weight is 319 g/mol. The van der Waals surface area contributed by atoms with Crippen molar-refractivity contribution in [2.45, 2.75) is 11.1 Å². The Labute approximate surface area is 109 Å². The lowest BCUT2D eigenvalue weighted by Gasteiger charge is -2.11. The summed E-state index contributed by atoms with van der Waals surface area (Å²) in [5, 5.41) is 8.52. The van der Waals surface area contributed by atoms with Gasteiger partial charge in [0, 0.05) is 0 Å². The van der Waals surface area contributed by atoms with Crippen LogP contribution in [-0.2, 0) is 10.0 Å². The van der Waals surface area contributed by atoms with Crippen molar-refractivity contribution >= 4 is 16.0 Å². The molecule has 0 atom stereocenters. The molecule has 0 amide bonds. The van der Waals surface area contributed by atoms with Gasteiger partial charge in [-0.15, -0.1) is 0 Å². The van der Waals surface area contributed by atoms with Crippen LogP contribution in [0.1, 0.15) is 10.4 Å². The lowest BCUT2D eigenvalue weighted by molar-refractivity contribution is -0.121. The van der Waals surface area contributed by atoms with Crippen LogP contribution in [0.3, 0.4) is 0 Å². The van der Waals surface area contributed by atoms with Crippen LogP contribution < -0.4 is 4.72 Å². The number of hydrogen-bond acceptors (Lipinski definition) is 3. The highest BCUT2D eigenvalue weighted by atomic mass is 32.2.